The van der Waals surface area contributed by atoms with Crippen molar-refractivity contribution in [1.82, 2.24) is 9.97 Å². The van der Waals surface area contributed by atoms with Crippen LogP contribution in [0.3, 0.4) is 0 Å². The molecule has 1 aromatic rings. The molecule has 3 nitrogen and oxygen atoms in total. The number of aryl methyl sites for hydroxylation is 1. The van der Waals surface area contributed by atoms with Crippen LogP contribution < -0.4 is 5.73 Å². The summed E-state index contributed by atoms with van der Waals surface area (Å²) in [5, 5.41) is 0. The van der Waals surface area contributed by atoms with Crippen molar-refractivity contribution in [2.45, 2.75) is 65.3 Å². The molecule has 0 radical (unpaired) electrons. The molecule has 0 saturated heterocycles. The second-order valence-electron chi connectivity index (χ2n) is 4.98. The minimum absolute atomic E-state index is 0.380. The summed E-state index contributed by atoms with van der Waals surface area (Å²) in [6, 6.07) is 2.10. The third-order valence-electron chi connectivity index (χ3n) is 3.46. The molecule has 0 atom stereocenters. The molecular formula is C14H25N3. The summed E-state index contributed by atoms with van der Waals surface area (Å²) in [4.78, 5) is 9.27. The number of nitrogens with zero attached hydrogens (tertiary/aromatic N) is 2. The number of rotatable bonds is 5. The Bertz CT molecular complexity index is 368. The Labute approximate surface area is 105 Å². The molecule has 1 aromatic heterocycles. The van der Waals surface area contributed by atoms with Gasteiger partial charge in [0.25, 0.3) is 0 Å². The van der Waals surface area contributed by atoms with Crippen LogP contribution in [0, 0.1) is 0 Å². The maximum atomic E-state index is 6.39. The molecule has 0 aliphatic rings. The van der Waals surface area contributed by atoms with Gasteiger partial charge in [-0.05, 0) is 31.2 Å². The molecular weight excluding hydrogens is 210 g/mol. The van der Waals surface area contributed by atoms with Crippen molar-refractivity contribution < 1.29 is 0 Å². The number of hydrogen-bond acceptors (Lipinski definition) is 3. The van der Waals surface area contributed by atoms with Crippen molar-refractivity contribution in [2.24, 2.45) is 5.73 Å². The summed E-state index contributed by atoms with van der Waals surface area (Å²) >= 11 is 0. The number of nitrogens with two attached hydrogens (primary N) is 1. The minimum atomic E-state index is -0.380. The molecule has 0 aromatic carbocycles. The topological polar surface area (TPSA) is 51.8 Å². The van der Waals surface area contributed by atoms with E-state index >= 15 is 0 Å². The molecule has 0 spiro atoms. The first-order valence-corrected chi connectivity index (χ1v) is 6.64. The van der Waals surface area contributed by atoms with Gasteiger partial charge in [-0.25, -0.2) is 9.97 Å². The number of hydrogen-bond donors (Lipinski definition) is 1. The lowest BCUT2D eigenvalue weighted by molar-refractivity contribution is 0.383. The van der Waals surface area contributed by atoms with Gasteiger partial charge in [-0.3, -0.25) is 0 Å². The highest BCUT2D eigenvalue weighted by atomic mass is 15.0. The van der Waals surface area contributed by atoms with Crippen LogP contribution in [0.2, 0.25) is 0 Å². The second kappa shape index (κ2) is 5.58. The second-order valence-corrected chi connectivity index (χ2v) is 4.98. The molecule has 0 aliphatic carbocycles. The molecule has 0 unspecified atom stereocenters. The Morgan fingerprint density at radius 1 is 1.18 bits per heavy atom. The molecule has 1 heterocycles. The van der Waals surface area contributed by atoms with Crippen LogP contribution in [0.4, 0.5) is 0 Å². The summed E-state index contributed by atoms with van der Waals surface area (Å²) in [6.07, 6.45) is 2.67. The molecule has 0 saturated carbocycles. The maximum Gasteiger partial charge on any atom is 0.148 e. The van der Waals surface area contributed by atoms with Crippen molar-refractivity contribution in [2.75, 3.05) is 0 Å². The van der Waals surface area contributed by atoms with Crippen LogP contribution in [-0.4, -0.2) is 9.97 Å². The number of aromatic nitrogens is 2. The lowest BCUT2D eigenvalue weighted by Gasteiger charge is -2.26. The molecule has 0 aliphatic heterocycles. The summed E-state index contributed by atoms with van der Waals surface area (Å²) < 4.78 is 0. The van der Waals surface area contributed by atoms with Gasteiger partial charge in [0.2, 0.25) is 0 Å². The van der Waals surface area contributed by atoms with E-state index in [1.165, 1.54) is 0 Å². The van der Waals surface area contributed by atoms with Gasteiger partial charge < -0.3 is 5.73 Å². The fourth-order valence-corrected chi connectivity index (χ4v) is 1.78. The van der Waals surface area contributed by atoms with Gasteiger partial charge in [-0.15, -0.1) is 0 Å². The summed E-state index contributed by atoms with van der Waals surface area (Å²) in [5.74, 6) is 1.23. The third-order valence-corrected chi connectivity index (χ3v) is 3.46. The average Bonchev–Trinajstić information content (AvgIpc) is 2.37. The van der Waals surface area contributed by atoms with Crippen LogP contribution in [0.1, 0.15) is 70.6 Å². The monoisotopic (exact) mass is 235 g/mol. The van der Waals surface area contributed by atoms with E-state index in [-0.39, 0.29) is 5.54 Å². The standard InChI is InChI=1S/C14H25N3/c1-6-11-9-12(10(4)5)17-13(16-11)14(15,7-2)8-3/h9-10H,6-8,15H2,1-5H3. The fraction of sp³-hybridized carbons (Fsp3) is 0.714. The van der Waals surface area contributed by atoms with Gasteiger partial charge in [0, 0.05) is 11.4 Å². The Morgan fingerprint density at radius 3 is 2.18 bits per heavy atom. The molecule has 0 bridgehead atoms. The maximum absolute atomic E-state index is 6.39. The highest BCUT2D eigenvalue weighted by Gasteiger charge is 2.27. The van der Waals surface area contributed by atoms with Crippen molar-refractivity contribution in [3.8, 4) is 0 Å². The van der Waals surface area contributed by atoms with Crippen molar-refractivity contribution in [3.05, 3.63) is 23.3 Å². The van der Waals surface area contributed by atoms with Crippen LogP contribution >= 0.6 is 0 Å². The van der Waals surface area contributed by atoms with Crippen molar-refractivity contribution in [1.29, 1.82) is 0 Å². The van der Waals surface area contributed by atoms with Gasteiger partial charge in [0.1, 0.15) is 5.82 Å². The highest BCUT2D eigenvalue weighted by molar-refractivity contribution is 5.18. The van der Waals surface area contributed by atoms with Crippen molar-refractivity contribution >= 4 is 0 Å². The average molecular weight is 235 g/mol. The minimum Gasteiger partial charge on any atom is -0.319 e. The van der Waals surface area contributed by atoms with E-state index < -0.39 is 0 Å². The first kappa shape index (κ1) is 14.1. The molecule has 3 heteroatoms. The Kier molecular flexibility index (Phi) is 4.63. The predicted molar refractivity (Wildman–Crippen MR) is 71.9 cm³/mol. The molecule has 96 valence electrons. The largest absolute Gasteiger partial charge is 0.319 e. The zero-order valence-corrected chi connectivity index (χ0v) is 11.7. The Balaban J connectivity index is 3.28. The summed E-state index contributed by atoms with van der Waals surface area (Å²) in [6.45, 7) is 10.6. The van der Waals surface area contributed by atoms with Crippen LogP contribution in [-0.2, 0) is 12.0 Å². The van der Waals surface area contributed by atoms with E-state index in [4.69, 9.17) is 5.73 Å². The lowest BCUT2D eigenvalue weighted by atomic mass is 9.92. The molecule has 17 heavy (non-hydrogen) atoms. The molecule has 0 fully saturated rings. The van der Waals surface area contributed by atoms with E-state index in [0.717, 1.165) is 36.5 Å². The van der Waals surface area contributed by atoms with Crippen LogP contribution in [0.5, 0.6) is 0 Å². The lowest BCUT2D eigenvalue weighted by Crippen LogP contribution is -2.37. The molecule has 1 rings (SSSR count). The van der Waals surface area contributed by atoms with Gasteiger partial charge in [0.15, 0.2) is 0 Å². The van der Waals surface area contributed by atoms with Crippen LogP contribution in [0.15, 0.2) is 6.07 Å². The quantitative estimate of drug-likeness (QED) is 0.853. The predicted octanol–water partition coefficient (Wildman–Crippen LogP) is 3.14. The van der Waals surface area contributed by atoms with Gasteiger partial charge >= 0.3 is 0 Å². The van der Waals surface area contributed by atoms with E-state index in [2.05, 4.69) is 50.7 Å². The third kappa shape index (κ3) is 3.03. The van der Waals surface area contributed by atoms with Crippen molar-refractivity contribution in [3.63, 3.8) is 0 Å². The van der Waals surface area contributed by atoms with Crippen LogP contribution in [0.25, 0.3) is 0 Å². The normalized spacial score (nSPS) is 12.2. The van der Waals surface area contributed by atoms with Gasteiger partial charge in [-0.2, -0.15) is 0 Å². The first-order valence-electron chi connectivity index (χ1n) is 6.64. The SMILES string of the molecule is CCc1cc(C(C)C)nc(C(N)(CC)CC)n1. The molecule has 0 amide bonds. The summed E-state index contributed by atoms with van der Waals surface area (Å²) in [7, 11) is 0. The fourth-order valence-electron chi connectivity index (χ4n) is 1.78. The Hall–Kier alpha value is -0.960. The van der Waals surface area contributed by atoms with E-state index in [9.17, 15) is 0 Å². The van der Waals surface area contributed by atoms with Gasteiger partial charge in [-0.1, -0.05) is 34.6 Å². The zero-order chi connectivity index (χ0) is 13.1. The summed E-state index contributed by atoms with van der Waals surface area (Å²) in [5.41, 5.74) is 8.20. The Morgan fingerprint density at radius 2 is 1.76 bits per heavy atom. The zero-order valence-electron chi connectivity index (χ0n) is 11.7. The highest BCUT2D eigenvalue weighted by Crippen LogP contribution is 2.24. The first-order chi connectivity index (χ1) is 7.96. The van der Waals surface area contributed by atoms with Gasteiger partial charge in [0.05, 0.1) is 5.54 Å². The smallest absolute Gasteiger partial charge is 0.148 e. The van der Waals surface area contributed by atoms with E-state index in [0.29, 0.717) is 5.92 Å². The molecule has 2 N–H and O–H groups in total. The van der Waals surface area contributed by atoms with E-state index in [1.807, 2.05) is 0 Å². The van der Waals surface area contributed by atoms with E-state index in [1.54, 1.807) is 0 Å².